The van der Waals surface area contributed by atoms with Crippen molar-refractivity contribution < 1.29 is 19.8 Å². The average molecular weight is 274 g/mol. The first-order valence-corrected chi connectivity index (χ1v) is 6.64. The second-order valence-corrected chi connectivity index (χ2v) is 5.41. The maximum absolute atomic E-state index is 11.9. The molecular weight excluding hydrogens is 248 g/mol. The van der Waals surface area contributed by atoms with Gasteiger partial charge in [0.2, 0.25) is 0 Å². The Hall–Kier alpha value is -1.30. The number of carbonyl (C=O) groups excluding carboxylic acids is 1. The zero-order chi connectivity index (χ0) is 14.9. The second-order valence-electron chi connectivity index (χ2n) is 5.41. The van der Waals surface area contributed by atoms with Crippen LogP contribution >= 0.6 is 0 Å². The molecule has 0 aromatic heterocycles. The van der Waals surface area contributed by atoms with Gasteiger partial charge in [0, 0.05) is 32.2 Å². The fourth-order valence-electron chi connectivity index (χ4n) is 1.61. The van der Waals surface area contributed by atoms with Gasteiger partial charge in [0.25, 0.3) is 0 Å². The minimum atomic E-state index is -0.861. The van der Waals surface area contributed by atoms with Crippen LogP contribution in [0.15, 0.2) is 0 Å². The molecule has 0 aromatic carbocycles. The second kappa shape index (κ2) is 8.74. The Balaban J connectivity index is 4.01. The van der Waals surface area contributed by atoms with E-state index < -0.39 is 11.5 Å². The molecule has 6 heteroatoms. The van der Waals surface area contributed by atoms with E-state index in [4.69, 9.17) is 10.2 Å². The van der Waals surface area contributed by atoms with E-state index >= 15 is 0 Å². The third-order valence-corrected chi connectivity index (χ3v) is 2.91. The van der Waals surface area contributed by atoms with Gasteiger partial charge in [-0.1, -0.05) is 0 Å². The lowest BCUT2D eigenvalue weighted by Gasteiger charge is -2.29. The molecule has 0 aliphatic heterocycles. The fourth-order valence-corrected chi connectivity index (χ4v) is 1.61. The standard InChI is InChI=1S/C13H26N2O4/c1-13(2,8-7-11(17)18)14-12(19)15(3)9-5-4-6-10-16/h16H,4-10H2,1-3H3,(H,14,19)(H,17,18). The van der Waals surface area contributed by atoms with Crippen molar-refractivity contribution in [3.05, 3.63) is 0 Å². The first-order valence-electron chi connectivity index (χ1n) is 6.64. The maximum Gasteiger partial charge on any atom is 0.317 e. The van der Waals surface area contributed by atoms with Crippen LogP contribution in [0.1, 0.15) is 46.0 Å². The largest absolute Gasteiger partial charge is 0.481 e. The highest BCUT2D eigenvalue weighted by atomic mass is 16.4. The van der Waals surface area contributed by atoms with Crippen LogP contribution in [0, 0.1) is 0 Å². The number of carboxylic acid groups (broad SMARTS) is 1. The molecule has 2 amide bonds. The number of aliphatic hydroxyl groups is 1. The molecular formula is C13H26N2O4. The topological polar surface area (TPSA) is 89.9 Å². The smallest absolute Gasteiger partial charge is 0.317 e. The molecule has 0 bridgehead atoms. The molecule has 19 heavy (non-hydrogen) atoms. The SMILES string of the molecule is CN(CCCCCO)C(=O)NC(C)(C)CCC(=O)O. The minimum absolute atomic E-state index is 0.0352. The minimum Gasteiger partial charge on any atom is -0.481 e. The highest BCUT2D eigenvalue weighted by Gasteiger charge is 2.22. The van der Waals surface area contributed by atoms with Gasteiger partial charge in [0.15, 0.2) is 0 Å². The normalized spacial score (nSPS) is 11.2. The summed E-state index contributed by atoms with van der Waals surface area (Å²) in [5, 5.41) is 20.1. The Morgan fingerprint density at radius 3 is 2.37 bits per heavy atom. The van der Waals surface area contributed by atoms with E-state index in [2.05, 4.69) is 5.32 Å². The number of aliphatic carboxylic acids is 1. The molecule has 0 aliphatic carbocycles. The molecule has 3 N–H and O–H groups in total. The van der Waals surface area contributed by atoms with E-state index in [0.717, 1.165) is 19.3 Å². The summed E-state index contributed by atoms with van der Waals surface area (Å²) in [7, 11) is 1.71. The van der Waals surface area contributed by atoms with Crippen LogP contribution < -0.4 is 5.32 Å². The predicted octanol–water partition coefficient (Wildman–Crippen LogP) is 1.43. The van der Waals surface area contributed by atoms with Gasteiger partial charge < -0.3 is 20.4 Å². The molecule has 0 atom stereocenters. The lowest BCUT2D eigenvalue weighted by molar-refractivity contribution is -0.137. The van der Waals surface area contributed by atoms with Crippen molar-refractivity contribution in [2.45, 2.75) is 51.5 Å². The Labute approximate surface area is 114 Å². The van der Waals surface area contributed by atoms with Crippen LogP contribution in [0.5, 0.6) is 0 Å². The number of amides is 2. The zero-order valence-electron chi connectivity index (χ0n) is 12.1. The summed E-state index contributed by atoms with van der Waals surface area (Å²) in [5.74, 6) is -0.861. The summed E-state index contributed by atoms with van der Waals surface area (Å²) in [5.41, 5.74) is -0.533. The monoisotopic (exact) mass is 274 g/mol. The molecule has 6 nitrogen and oxygen atoms in total. The molecule has 112 valence electrons. The lowest BCUT2D eigenvalue weighted by atomic mass is 9.99. The van der Waals surface area contributed by atoms with Gasteiger partial charge in [-0.15, -0.1) is 0 Å². The highest BCUT2D eigenvalue weighted by Crippen LogP contribution is 2.11. The zero-order valence-corrected chi connectivity index (χ0v) is 12.1. The third kappa shape index (κ3) is 9.30. The number of carboxylic acids is 1. The van der Waals surface area contributed by atoms with Crippen molar-refractivity contribution in [1.82, 2.24) is 10.2 Å². The highest BCUT2D eigenvalue weighted by molar-refractivity contribution is 5.74. The average Bonchev–Trinajstić information content (AvgIpc) is 2.31. The summed E-state index contributed by atoms with van der Waals surface area (Å²) in [6.45, 7) is 4.43. The molecule has 0 saturated carbocycles. The summed E-state index contributed by atoms with van der Waals surface area (Å²) >= 11 is 0. The summed E-state index contributed by atoms with van der Waals surface area (Å²) in [4.78, 5) is 24.0. The number of aliphatic hydroxyl groups excluding tert-OH is 1. The van der Waals surface area contributed by atoms with Crippen LogP contribution in [-0.4, -0.2) is 52.9 Å². The number of nitrogens with one attached hydrogen (secondary N) is 1. The fraction of sp³-hybridized carbons (Fsp3) is 0.846. The van der Waals surface area contributed by atoms with Crippen molar-refractivity contribution >= 4 is 12.0 Å². The molecule has 0 unspecified atom stereocenters. The van der Waals surface area contributed by atoms with E-state index in [1.807, 2.05) is 13.8 Å². The first kappa shape index (κ1) is 17.7. The van der Waals surface area contributed by atoms with Crippen LogP contribution in [0.4, 0.5) is 4.79 Å². The Morgan fingerprint density at radius 2 is 1.84 bits per heavy atom. The number of rotatable bonds is 9. The number of hydrogen-bond acceptors (Lipinski definition) is 3. The van der Waals surface area contributed by atoms with Crippen molar-refractivity contribution in [3.8, 4) is 0 Å². The number of carbonyl (C=O) groups is 2. The molecule has 0 rings (SSSR count). The molecule has 0 spiro atoms. The van der Waals surface area contributed by atoms with Crippen molar-refractivity contribution in [2.24, 2.45) is 0 Å². The van der Waals surface area contributed by atoms with Crippen LogP contribution in [-0.2, 0) is 4.79 Å². The lowest BCUT2D eigenvalue weighted by Crippen LogP contribution is -2.49. The number of unbranched alkanes of at least 4 members (excludes halogenated alkanes) is 2. The van der Waals surface area contributed by atoms with Gasteiger partial charge in [0.05, 0.1) is 0 Å². The third-order valence-electron chi connectivity index (χ3n) is 2.91. The Kier molecular flexibility index (Phi) is 8.14. The maximum atomic E-state index is 11.9. The first-order chi connectivity index (χ1) is 8.78. The molecule has 0 saturated heterocycles. The molecule has 0 fully saturated rings. The number of hydrogen-bond donors (Lipinski definition) is 3. The molecule has 0 aliphatic rings. The van der Waals surface area contributed by atoms with Crippen LogP contribution in [0.2, 0.25) is 0 Å². The van der Waals surface area contributed by atoms with Crippen LogP contribution in [0.25, 0.3) is 0 Å². The van der Waals surface area contributed by atoms with Gasteiger partial charge in [-0.25, -0.2) is 4.79 Å². The van der Waals surface area contributed by atoms with E-state index in [0.29, 0.717) is 13.0 Å². The molecule has 0 heterocycles. The van der Waals surface area contributed by atoms with E-state index in [1.54, 1.807) is 11.9 Å². The van der Waals surface area contributed by atoms with Gasteiger partial charge in [0.1, 0.15) is 0 Å². The van der Waals surface area contributed by atoms with Gasteiger partial charge in [-0.2, -0.15) is 0 Å². The van der Waals surface area contributed by atoms with Gasteiger partial charge >= 0.3 is 12.0 Å². The molecule has 0 radical (unpaired) electrons. The van der Waals surface area contributed by atoms with E-state index in [9.17, 15) is 9.59 Å². The van der Waals surface area contributed by atoms with Crippen molar-refractivity contribution in [2.75, 3.05) is 20.2 Å². The quantitative estimate of drug-likeness (QED) is 0.555. The Bertz CT molecular complexity index is 292. The van der Waals surface area contributed by atoms with Crippen molar-refractivity contribution in [1.29, 1.82) is 0 Å². The molecule has 0 aromatic rings. The number of urea groups is 1. The predicted molar refractivity (Wildman–Crippen MR) is 73.0 cm³/mol. The van der Waals surface area contributed by atoms with Crippen LogP contribution in [0.3, 0.4) is 0 Å². The van der Waals surface area contributed by atoms with E-state index in [1.165, 1.54) is 0 Å². The van der Waals surface area contributed by atoms with Crippen molar-refractivity contribution in [3.63, 3.8) is 0 Å². The number of nitrogens with zero attached hydrogens (tertiary/aromatic N) is 1. The summed E-state index contributed by atoms with van der Waals surface area (Å²) < 4.78 is 0. The Morgan fingerprint density at radius 1 is 1.21 bits per heavy atom. The van der Waals surface area contributed by atoms with Gasteiger partial charge in [-0.05, 0) is 39.5 Å². The van der Waals surface area contributed by atoms with Gasteiger partial charge in [-0.3, -0.25) is 4.79 Å². The summed E-state index contributed by atoms with van der Waals surface area (Å²) in [6.07, 6.45) is 2.91. The summed E-state index contributed by atoms with van der Waals surface area (Å²) in [6, 6.07) is -0.195. The van der Waals surface area contributed by atoms with E-state index in [-0.39, 0.29) is 19.1 Å².